The Morgan fingerprint density at radius 2 is 1.91 bits per heavy atom. The molecule has 3 aromatic heterocycles. The zero-order valence-corrected chi connectivity index (χ0v) is 13.5. The van der Waals surface area contributed by atoms with Crippen molar-refractivity contribution in [2.24, 2.45) is 11.5 Å². The molecule has 0 bridgehead atoms. The van der Waals surface area contributed by atoms with Crippen molar-refractivity contribution in [2.45, 2.75) is 32.4 Å². The van der Waals surface area contributed by atoms with Crippen LogP contribution in [0.1, 0.15) is 30.5 Å². The highest BCUT2D eigenvalue weighted by molar-refractivity contribution is 7.18. The van der Waals surface area contributed by atoms with E-state index in [1.54, 1.807) is 23.7 Å². The largest absolute Gasteiger partial charge is 0.326 e. The summed E-state index contributed by atoms with van der Waals surface area (Å²) in [5, 5.41) is 1.02. The first kappa shape index (κ1) is 15.0. The summed E-state index contributed by atoms with van der Waals surface area (Å²) in [7, 11) is 0. The maximum absolute atomic E-state index is 6.28. The topological polar surface area (TPSA) is 90.7 Å². The lowest BCUT2D eigenvalue weighted by atomic mass is 10.0. The summed E-state index contributed by atoms with van der Waals surface area (Å²) in [6, 6.07) is 5.44. The van der Waals surface area contributed by atoms with Gasteiger partial charge in [0.1, 0.15) is 4.83 Å². The second-order valence-electron chi connectivity index (χ2n) is 5.34. The smallest absolute Gasteiger partial charge is 0.161 e. The first-order valence-electron chi connectivity index (χ1n) is 7.32. The Morgan fingerprint density at radius 3 is 2.55 bits per heavy atom. The van der Waals surface area contributed by atoms with E-state index in [0.29, 0.717) is 5.82 Å². The first-order chi connectivity index (χ1) is 10.6. The van der Waals surface area contributed by atoms with Gasteiger partial charge in [-0.2, -0.15) is 0 Å². The standard InChI is InChI=1S/C16H19N5S/c1-3-11-8-12-14(13(18)9(2)17)20-15(21-16(12)22-11)10-4-6-19-7-5-10/h4-9,13H,3,17-18H2,1-2H3. The van der Waals surface area contributed by atoms with Crippen LogP contribution in [0.2, 0.25) is 0 Å². The summed E-state index contributed by atoms with van der Waals surface area (Å²) in [4.78, 5) is 15.7. The molecule has 0 aliphatic heterocycles. The number of thiophene rings is 1. The van der Waals surface area contributed by atoms with Gasteiger partial charge in [-0.3, -0.25) is 4.98 Å². The quantitative estimate of drug-likeness (QED) is 0.772. The van der Waals surface area contributed by atoms with Crippen molar-refractivity contribution in [3.8, 4) is 11.4 Å². The zero-order valence-electron chi connectivity index (χ0n) is 12.7. The highest BCUT2D eigenvalue weighted by Gasteiger charge is 2.20. The predicted octanol–water partition coefficient (Wildman–Crippen LogP) is 2.66. The fraction of sp³-hybridized carbons (Fsp3) is 0.312. The van der Waals surface area contributed by atoms with E-state index < -0.39 is 0 Å². The molecular formula is C16H19N5S. The molecule has 0 amide bonds. The average molecular weight is 313 g/mol. The summed E-state index contributed by atoms with van der Waals surface area (Å²) in [6.07, 6.45) is 4.44. The third kappa shape index (κ3) is 2.72. The van der Waals surface area contributed by atoms with Gasteiger partial charge in [0.25, 0.3) is 0 Å². The molecule has 6 heteroatoms. The van der Waals surface area contributed by atoms with Crippen molar-refractivity contribution in [3.63, 3.8) is 0 Å². The van der Waals surface area contributed by atoms with Gasteiger partial charge in [0.15, 0.2) is 5.82 Å². The number of nitrogens with zero attached hydrogens (tertiary/aromatic N) is 3. The van der Waals surface area contributed by atoms with Crippen LogP contribution in [0, 0.1) is 0 Å². The van der Waals surface area contributed by atoms with Crippen LogP contribution < -0.4 is 11.5 Å². The normalized spacial score (nSPS) is 14.2. The Kier molecular flexibility index (Phi) is 4.15. The van der Waals surface area contributed by atoms with Crippen LogP contribution in [-0.2, 0) is 6.42 Å². The minimum Gasteiger partial charge on any atom is -0.326 e. The lowest BCUT2D eigenvalue weighted by molar-refractivity contribution is 0.579. The molecule has 3 heterocycles. The van der Waals surface area contributed by atoms with Gasteiger partial charge in [-0.05, 0) is 31.5 Å². The minimum absolute atomic E-state index is 0.173. The van der Waals surface area contributed by atoms with Gasteiger partial charge < -0.3 is 11.5 Å². The summed E-state index contributed by atoms with van der Waals surface area (Å²) < 4.78 is 0. The first-order valence-corrected chi connectivity index (χ1v) is 8.13. The summed E-state index contributed by atoms with van der Waals surface area (Å²) >= 11 is 1.69. The van der Waals surface area contributed by atoms with Crippen molar-refractivity contribution in [3.05, 3.63) is 41.2 Å². The molecule has 3 aromatic rings. The summed E-state index contributed by atoms with van der Waals surface area (Å²) in [5.41, 5.74) is 14.0. The Balaban J connectivity index is 2.23. The molecule has 3 rings (SSSR count). The molecule has 0 radical (unpaired) electrons. The van der Waals surface area contributed by atoms with Crippen LogP contribution in [0.15, 0.2) is 30.6 Å². The number of aromatic nitrogens is 3. The van der Waals surface area contributed by atoms with Crippen molar-refractivity contribution in [1.82, 2.24) is 15.0 Å². The van der Waals surface area contributed by atoms with Crippen LogP contribution in [-0.4, -0.2) is 21.0 Å². The Morgan fingerprint density at radius 1 is 1.18 bits per heavy atom. The van der Waals surface area contributed by atoms with E-state index >= 15 is 0 Å². The Labute approximate surface area is 133 Å². The number of fused-ring (bicyclic) bond motifs is 1. The van der Waals surface area contributed by atoms with Gasteiger partial charge in [0.2, 0.25) is 0 Å². The molecule has 22 heavy (non-hydrogen) atoms. The van der Waals surface area contributed by atoms with E-state index in [1.165, 1.54) is 4.88 Å². The van der Waals surface area contributed by atoms with Crippen LogP contribution in [0.25, 0.3) is 21.6 Å². The molecule has 2 atom stereocenters. The monoisotopic (exact) mass is 313 g/mol. The van der Waals surface area contributed by atoms with Crippen molar-refractivity contribution >= 4 is 21.6 Å². The van der Waals surface area contributed by atoms with Gasteiger partial charge in [-0.1, -0.05) is 6.92 Å². The minimum atomic E-state index is -0.314. The van der Waals surface area contributed by atoms with Gasteiger partial charge in [0, 0.05) is 34.3 Å². The number of hydrogen-bond acceptors (Lipinski definition) is 6. The average Bonchev–Trinajstić information content (AvgIpc) is 2.97. The second-order valence-corrected chi connectivity index (χ2v) is 6.45. The summed E-state index contributed by atoms with van der Waals surface area (Å²) in [6.45, 7) is 4.03. The van der Waals surface area contributed by atoms with Gasteiger partial charge in [0.05, 0.1) is 11.7 Å². The maximum atomic E-state index is 6.28. The second kappa shape index (κ2) is 6.08. The van der Waals surface area contributed by atoms with Crippen LogP contribution in [0.3, 0.4) is 0 Å². The third-order valence-corrected chi connectivity index (χ3v) is 4.82. The maximum Gasteiger partial charge on any atom is 0.161 e. The molecule has 0 aliphatic rings. The van der Waals surface area contributed by atoms with E-state index in [2.05, 4.69) is 18.0 Å². The summed E-state index contributed by atoms with van der Waals surface area (Å²) in [5.74, 6) is 0.672. The third-order valence-electron chi connectivity index (χ3n) is 3.64. The fourth-order valence-electron chi connectivity index (χ4n) is 2.30. The molecule has 2 unspecified atom stereocenters. The van der Waals surface area contributed by atoms with Gasteiger partial charge >= 0.3 is 0 Å². The van der Waals surface area contributed by atoms with E-state index in [0.717, 1.165) is 27.9 Å². The van der Waals surface area contributed by atoms with Crippen molar-refractivity contribution in [1.29, 1.82) is 0 Å². The molecule has 4 N–H and O–H groups in total. The van der Waals surface area contributed by atoms with E-state index in [4.69, 9.17) is 21.4 Å². The Hall–Kier alpha value is -1.89. The predicted molar refractivity (Wildman–Crippen MR) is 90.6 cm³/mol. The number of hydrogen-bond donors (Lipinski definition) is 2. The highest BCUT2D eigenvalue weighted by atomic mass is 32.1. The molecule has 0 spiro atoms. The van der Waals surface area contributed by atoms with Gasteiger partial charge in [-0.25, -0.2) is 9.97 Å². The van der Waals surface area contributed by atoms with Crippen LogP contribution in [0.4, 0.5) is 0 Å². The van der Waals surface area contributed by atoms with E-state index in [-0.39, 0.29) is 12.1 Å². The molecule has 0 aliphatic carbocycles. The van der Waals surface area contributed by atoms with Crippen LogP contribution in [0.5, 0.6) is 0 Å². The lowest BCUT2D eigenvalue weighted by Gasteiger charge is -2.16. The molecule has 0 saturated heterocycles. The number of aryl methyl sites for hydroxylation is 1. The van der Waals surface area contributed by atoms with Crippen molar-refractivity contribution in [2.75, 3.05) is 0 Å². The Bertz CT molecular complexity index is 782. The van der Waals surface area contributed by atoms with E-state index in [1.807, 2.05) is 19.1 Å². The number of nitrogens with two attached hydrogens (primary N) is 2. The SMILES string of the molecule is CCc1cc2c(C(N)C(C)N)nc(-c3ccncc3)nc2s1. The van der Waals surface area contributed by atoms with Crippen LogP contribution >= 0.6 is 11.3 Å². The lowest BCUT2D eigenvalue weighted by Crippen LogP contribution is -2.32. The number of rotatable bonds is 4. The molecular weight excluding hydrogens is 294 g/mol. The van der Waals surface area contributed by atoms with Crippen molar-refractivity contribution < 1.29 is 0 Å². The van der Waals surface area contributed by atoms with Gasteiger partial charge in [-0.15, -0.1) is 11.3 Å². The molecule has 114 valence electrons. The molecule has 5 nitrogen and oxygen atoms in total. The molecule has 0 saturated carbocycles. The fourth-order valence-corrected chi connectivity index (χ4v) is 3.28. The molecule has 0 aromatic carbocycles. The zero-order chi connectivity index (χ0) is 15.7. The number of pyridine rings is 1. The molecule has 0 fully saturated rings. The highest BCUT2D eigenvalue weighted by Crippen LogP contribution is 2.31. The van der Waals surface area contributed by atoms with E-state index in [9.17, 15) is 0 Å².